The van der Waals surface area contributed by atoms with E-state index in [2.05, 4.69) is 4.72 Å². The van der Waals surface area contributed by atoms with Gasteiger partial charge in [-0.05, 0) is 34.1 Å². The number of nitrogens with one attached hydrogen (secondary N) is 1. The molecule has 0 aliphatic carbocycles. The first-order valence-electron chi connectivity index (χ1n) is 5.70. The molecular formula is C11H22FNO4S. The lowest BCUT2D eigenvalue weighted by Crippen LogP contribution is -2.48. The summed E-state index contributed by atoms with van der Waals surface area (Å²) in [4.78, 5) is 11.7. The summed E-state index contributed by atoms with van der Waals surface area (Å²) < 4.78 is 41.5. The van der Waals surface area contributed by atoms with E-state index in [-0.39, 0.29) is 6.61 Å². The Morgan fingerprint density at radius 3 is 2.17 bits per heavy atom. The normalized spacial score (nSPS) is 13.4. The van der Waals surface area contributed by atoms with E-state index in [1.807, 2.05) is 6.92 Å². The standard InChI is InChI=1S/C11H22FNO4S/c1-6-10(2,3)9(14)17-7-11(4,5)13-18(15,16)8-12/h13H,6-8H2,1-5H3. The van der Waals surface area contributed by atoms with Crippen molar-refractivity contribution in [1.82, 2.24) is 4.72 Å². The number of halogens is 1. The lowest BCUT2D eigenvalue weighted by molar-refractivity contribution is -0.155. The summed E-state index contributed by atoms with van der Waals surface area (Å²) >= 11 is 0. The molecule has 7 heteroatoms. The smallest absolute Gasteiger partial charge is 0.311 e. The van der Waals surface area contributed by atoms with Gasteiger partial charge in [-0.2, -0.15) is 0 Å². The van der Waals surface area contributed by atoms with E-state index in [1.165, 1.54) is 13.8 Å². The zero-order chi connectivity index (χ0) is 14.6. The van der Waals surface area contributed by atoms with Crippen molar-refractivity contribution in [3.63, 3.8) is 0 Å². The molecule has 0 aliphatic rings. The number of alkyl halides is 1. The molecule has 0 aromatic carbocycles. The van der Waals surface area contributed by atoms with Crippen LogP contribution < -0.4 is 4.72 Å². The molecule has 18 heavy (non-hydrogen) atoms. The summed E-state index contributed by atoms with van der Waals surface area (Å²) in [5.41, 5.74) is -1.65. The van der Waals surface area contributed by atoms with Crippen LogP contribution in [0.15, 0.2) is 0 Å². The molecule has 0 aromatic rings. The molecule has 0 unspecified atom stereocenters. The molecule has 0 aliphatic heterocycles. The number of carbonyl (C=O) groups is 1. The Morgan fingerprint density at radius 2 is 1.78 bits per heavy atom. The van der Waals surface area contributed by atoms with Gasteiger partial charge in [0.1, 0.15) is 6.61 Å². The summed E-state index contributed by atoms with van der Waals surface area (Å²) in [6, 6.07) is -1.50. The van der Waals surface area contributed by atoms with Crippen molar-refractivity contribution in [3.8, 4) is 0 Å². The molecule has 0 aromatic heterocycles. The summed E-state index contributed by atoms with van der Waals surface area (Å²) in [6.45, 7) is 8.24. The molecule has 108 valence electrons. The maximum Gasteiger partial charge on any atom is 0.311 e. The summed E-state index contributed by atoms with van der Waals surface area (Å²) in [5, 5.41) is 0. The molecule has 1 N–H and O–H groups in total. The second kappa shape index (κ2) is 5.97. The van der Waals surface area contributed by atoms with Gasteiger partial charge in [-0.1, -0.05) is 6.92 Å². The quantitative estimate of drug-likeness (QED) is 0.720. The fourth-order valence-electron chi connectivity index (χ4n) is 1.06. The van der Waals surface area contributed by atoms with Gasteiger partial charge < -0.3 is 4.74 Å². The fraction of sp³-hybridized carbons (Fsp3) is 0.909. The first-order chi connectivity index (χ1) is 7.96. The van der Waals surface area contributed by atoms with E-state index in [1.54, 1.807) is 13.8 Å². The van der Waals surface area contributed by atoms with E-state index in [9.17, 15) is 17.6 Å². The number of carbonyl (C=O) groups excluding carboxylic acids is 1. The monoisotopic (exact) mass is 283 g/mol. The Balaban J connectivity index is 4.50. The molecule has 0 spiro atoms. The zero-order valence-electron chi connectivity index (χ0n) is 11.5. The predicted octanol–water partition coefficient (Wildman–Crippen LogP) is 1.59. The Bertz CT molecular complexity index is 390. The van der Waals surface area contributed by atoms with Crippen LogP contribution in [-0.2, 0) is 19.6 Å². The first-order valence-corrected chi connectivity index (χ1v) is 7.36. The molecule has 0 saturated carbocycles. The minimum absolute atomic E-state index is 0.144. The maximum atomic E-state index is 12.2. The second-order valence-corrected chi connectivity index (χ2v) is 7.18. The van der Waals surface area contributed by atoms with Gasteiger partial charge in [0, 0.05) is 0 Å². The van der Waals surface area contributed by atoms with E-state index in [4.69, 9.17) is 4.74 Å². The van der Waals surface area contributed by atoms with Gasteiger partial charge in [-0.25, -0.2) is 17.5 Å². The molecule has 0 amide bonds. The first kappa shape index (κ1) is 17.3. The number of sulfonamides is 1. The Kier molecular flexibility index (Phi) is 5.74. The number of hydrogen-bond donors (Lipinski definition) is 1. The average Bonchev–Trinajstić information content (AvgIpc) is 2.24. The van der Waals surface area contributed by atoms with Crippen LogP contribution in [0.4, 0.5) is 4.39 Å². The average molecular weight is 283 g/mol. The Morgan fingerprint density at radius 1 is 1.28 bits per heavy atom. The van der Waals surface area contributed by atoms with Crippen LogP contribution in [0.5, 0.6) is 0 Å². The highest BCUT2D eigenvalue weighted by molar-refractivity contribution is 7.89. The van der Waals surface area contributed by atoms with E-state index < -0.39 is 33.0 Å². The number of rotatable bonds is 7. The van der Waals surface area contributed by atoms with Crippen molar-refractivity contribution in [3.05, 3.63) is 0 Å². The van der Waals surface area contributed by atoms with Crippen LogP contribution in [-0.4, -0.2) is 32.5 Å². The van der Waals surface area contributed by atoms with Gasteiger partial charge in [-0.15, -0.1) is 0 Å². The Labute approximate surface area is 108 Å². The van der Waals surface area contributed by atoms with Gasteiger partial charge in [0.25, 0.3) is 0 Å². The van der Waals surface area contributed by atoms with Gasteiger partial charge in [-0.3, -0.25) is 4.79 Å². The fourth-order valence-corrected chi connectivity index (χ4v) is 2.02. The Hall–Kier alpha value is -0.690. The molecule has 0 bridgehead atoms. The van der Waals surface area contributed by atoms with E-state index in [0.29, 0.717) is 6.42 Å². The highest BCUT2D eigenvalue weighted by Crippen LogP contribution is 2.22. The van der Waals surface area contributed by atoms with Crippen LogP contribution in [0, 0.1) is 5.41 Å². The van der Waals surface area contributed by atoms with Crippen molar-refractivity contribution in [2.24, 2.45) is 5.41 Å². The van der Waals surface area contributed by atoms with Crippen LogP contribution >= 0.6 is 0 Å². The molecule has 0 rings (SSSR count). The third-order valence-electron chi connectivity index (χ3n) is 2.58. The molecular weight excluding hydrogens is 261 g/mol. The van der Waals surface area contributed by atoms with Crippen LogP contribution in [0.25, 0.3) is 0 Å². The van der Waals surface area contributed by atoms with Gasteiger partial charge in [0.15, 0.2) is 0 Å². The summed E-state index contributed by atoms with van der Waals surface area (Å²) in [7, 11) is -3.97. The second-order valence-electron chi connectivity index (χ2n) is 5.52. The SMILES string of the molecule is CCC(C)(C)C(=O)OCC(C)(C)NS(=O)(=O)CF. The number of ether oxygens (including phenoxy) is 1. The molecule has 0 radical (unpaired) electrons. The van der Waals surface area contributed by atoms with Gasteiger partial charge in [0.2, 0.25) is 16.0 Å². The van der Waals surface area contributed by atoms with Crippen LogP contribution in [0.2, 0.25) is 0 Å². The number of esters is 1. The largest absolute Gasteiger partial charge is 0.463 e. The minimum atomic E-state index is -3.97. The van der Waals surface area contributed by atoms with Gasteiger partial charge in [0.05, 0.1) is 11.0 Å². The van der Waals surface area contributed by atoms with Crippen molar-refractivity contribution < 1.29 is 22.3 Å². The summed E-state index contributed by atoms with van der Waals surface area (Å²) in [5.74, 6) is -0.405. The number of hydrogen-bond acceptors (Lipinski definition) is 4. The van der Waals surface area contributed by atoms with E-state index in [0.717, 1.165) is 0 Å². The van der Waals surface area contributed by atoms with Crippen molar-refractivity contribution in [2.45, 2.75) is 46.6 Å². The zero-order valence-corrected chi connectivity index (χ0v) is 12.4. The van der Waals surface area contributed by atoms with Crippen molar-refractivity contribution >= 4 is 16.0 Å². The molecule has 0 fully saturated rings. The highest BCUT2D eigenvalue weighted by Gasteiger charge is 2.31. The highest BCUT2D eigenvalue weighted by atomic mass is 32.2. The van der Waals surface area contributed by atoms with Crippen molar-refractivity contribution in [1.29, 1.82) is 0 Å². The lowest BCUT2D eigenvalue weighted by Gasteiger charge is -2.27. The third-order valence-corrected chi connectivity index (χ3v) is 3.73. The lowest BCUT2D eigenvalue weighted by atomic mass is 9.90. The summed E-state index contributed by atoms with van der Waals surface area (Å²) in [6.07, 6.45) is 0.614. The van der Waals surface area contributed by atoms with Crippen molar-refractivity contribution in [2.75, 3.05) is 12.6 Å². The van der Waals surface area contributed by atoms with Crippen LogP contribution in [0.3, 0.4) is 0 Å². The van der Waals surface area contributed by atoms with Gasteiger partial charge >= 0.3 is 5.97 Å². The molecule has 5 nitrogen and oxygen atoms in total. The minimum Gasteiger partial charge on any atom is -0.463 e. The van der Waals surface area contributed by atoms with E-state index >= 15 is 0 Å². The third kappa shape index (κ3) is 5.77. The predicted molar refractivity (Wildman–Crippen MR) is 67.1 cm³/mol. The molecule has 0 atom stereocenters. The molecule has 0 heterocycles. The topological polar surface area (TPSA) is 72.5 Å². The maximum absolute atomic E-state index is 12.2. The van der Waals surface area contributed by atoms with Crippen LogP contribution in [0.1, 0.15) is 41.0 Å². The molecule has 0 saturated heterocycles.